The van der Waals surface area contributed by atoms with Gasteiger partial charge in [-0.2, -0.15) is 0 Å². The van der Waals surface area contributed by atoms with E-state index in [9.17, 15) is 4.79 Å². The fourth-order valence-electron chi connectivity index (χ4n) is 1.12. The highest BCUT2D eigenvalue weighted by Crippen LogP contribution is 2.16. The van der Waals surface area contributed by atoms with Gasteiger partial charge in [0.25, 0.3) is 0 Å². The molecule has 3 N–H and O–H groups in total. The number of hydrogen-bond acceptors (Lipinski definition) is 2. The maximum Gasteiger partial charge on any atom is 0.307 e. The molecular weight excluding hydrogens is 154 g/mol. The highest BCUT2D eigenvalue weighted by molar-refractivity contribution is 5.73. The summed E-state index contributed by atoms with van der Waals surface area (Å²) in [6, 6.07) is 5.38. The Labute approximate surface area is 70.8 Å². The molecule has 0 aliphatic rings. The zero-order valence-electron chi connectivity index (χ0n) is 6.87. The Morgan fingerprint density at radius 2 is 2.25 bits per heavy atom. The lowest BCUT2D eigenvalue weighted by molar-refractivity contribution is -0.136. The molecule has 0 saturated carbocycles. The second-order valence-electron chi connectivity index (χ2n) is 2.71. The number of hydrogen-bond donors (Lipinski definition) is 2. The van der Waals surface area contributed by atoms with E-state index in [1.807, 2.05) is 19.1 Å². The predicted molar refractivity (Wildman–Crippen MR) is 46.9 cm³/mol. The van der Waals surface area contributed by atoms with Gasteiger partial charge in [0.05, 0.1) is 6.42 Å². The fraction of sp³-hybridized carbons (Fsp3) is 0.222. The highest BCUT2D eigenvalue weighted by atomic mass is 16.4. The van der Waals surface area contributed by atoms with Crippen LogP contribution in [0.5, 0.6) is 0 Å². The average molecular weight is 165 g/mol. The van der Waals surface area contributed by atoms with Crippen molar-refractivity contribution in [2.24, 2.45) is 0 Å². The van der Waals surface area contributed by atoms with Crippen LogP contribution in [0, 0.1) is 6.92 Å². The number of benzene rings is 1. The van der Waals surface area contributed by atoms with Crippen LogP contribution in [0.25, 0.3) is 0 Å². The Morgan fingerprint density at radius 3 is 2.75 bits per heavy atom. The minimum absolute atomic E-state index is 0.00148. The van der Waals surface area contributed by atoms with Crippen LogP contribution < -0.4 is 5.73 Å². The van der Waals surface area contributed by atoms with Gasteiger partial charge < -0.3 is 10.8 Å². The molecule has 0 radical (unpaired) electrons. The second-order valence-corrected chi connectivity index (χ2v) is 2.71. The zero-order chi connectivity index (χ0) is 9.14. The monoisotopic (exact) mass is 165 g/mol. The van der Waals surface area contributed by atoms with Gasteiger partial charge in [-0.3, -0.25) is 4.79 Å². The molecule has 0 fully saturated rings. The van der Waals surface area contributed by atoms with Gasteiger partial charge in [-0.1, -0.05) is 12.1 Å². The van der Waals surface area contributed by atoms with Crippen LogP contribution >= 0.6 is 0 Å². The maximum absolute atomic E-state index is 10.4. The van der Waals surface area contributed by atoms with E-state index in [-0.39, 0.29) is 6.42 Å². The van der Waals surface area contributed by atoms with Crippen LogP contribution in [0.15, 0.2) is 18.2 Å². The van der Waals surface area contributed by atoms with E-state index in [1.165, 1.54) is 0 Å². The molecule has 0 aliphatic heterocycles. The number of aryl methyl sites for hydroxylation is 1. The van der Waals surface area contributed by atoms with Crippen molar-refractivity contribution in [3.05, 3.63) is 29.3 Å². The summed E-state index contributed by atoms with van der Waals surface area (Å²) in [5.74, 6) is -0.851. The Balaban J connectivity index is 3.04. The van der Waals surface area contributed by atoms with Gasteiger partial charge in [-0.05, 0) is 24.1 Å². The molecule has 0 saturated heterocycles. The Kier molecular flexibility index (Phi) is 2.33. The van der Waals surface area contributed by atoms with Crippen molar-refractivity contribution in [3.8, 4) is 0 Å². The van der Waals surface area contributed by atoms with Crippen LogP contribution in [-0.4, -0.2) is 11.1 Å². The molecule has 0 amide bonds. The maximum atomic E-state index is 10.4. The molecule has 3 nitrogen and oxygen atoms in total. The summed E-state index contributed by atoms with van der Waals surface area (Å²) in [5, 5.41) is 8.56. The molecule has 3 heteroatoms. The molecule has 1 aromatic rings. The van der Waals surface area contributed by atoms with Crippen molar-refractivity contribution in [1.29, 1.82) is 0 Å². The first-order valence-electron chi connectivity index (χ1n) is 3.67. The van der Waals surface area contributed by atoms with Gasteiger partial charge in [-0.25, -0.2) is 0 Å². The number of nitrogens with two attached hydrogens (primary N) is 1. The van der Waals surface area contributed by atoms with Gasteiger partial charge >= 0.3 is 5.97 Å². The minimum atomic E-state index is -0.851. The van der Waals surface area contributed by atoms with Crippen molar-refractivity contribution in [2.45, 2.75) is 13.3 Å². The summed E-state index contributed by atoms with van der Waals surface area (Å²) in [4.78, 5) is 10.4. The standard InChI is InChI=1S/C9H11NO2/c1-6-3-2-4-8(10)7(6)5-9(11)12/h2-4H,5,10H2,1H3,(H,11,12). The van der Waals surface area contributed by atoms with E-state index in [0.29, 0.717) is 11.3 Å². The Bertz CT molecular complexity index is 287. The SMILES string of the molecule is Cc1cccc(N)c1CC(=O)O. The van der Waals surface area contributed by atoms with Crippen molar-refractivity contribution >= 4 is 11.7 Å². The van der Waals surface area contributed by atoms with E-state index in [0.717, 1.165) is 5.56 Å². The normalized spacial score (nSPS) is 9.75. The van der Waals surface area contributed by atoms with E-state index in [4.69, 9.17) is 10.8 Å². The van der Waals surface area contributed by atoms with Crippen LogP contribution in [0.4, 0.5) is 5.69 Å². The number of aliphatic carboxylic acids is 1. The van der Waals surface area contributed by atoms with Gasteiger partial charge in [0, 0.05) is 5.69 Å². The molecular formula is C9H11NO2. The number of rotatable bonds is 2. The first-order chi connectivity index (χ1) is 5.61. The molecule has 0 aromatic heterocycles. The predicted octanol–water partition coefficient (Wildman–Crippen LogP) is 1.20. The topological polar surface area (TPSA) is 63.3 Å². The molecule has 0 heterocycles. The molecule has 0 atom stereocenters. The van der Waals surface area contributed by atoms with Crippen molar-refractivity contribution in [2.75, 3.05) is 5.73 Å². The van der Waals surface area contributed by atoms with E-state index >= 15 is 0 Å². The van der Waals surface area contributed by atoms with E-state index in [2.05, 4.69) is 0 Å². The summed E-state index contributed by atoms with van der Waals surface area (Å²) in [6.45, 7) is 1.86. The smallest absolute Gasteiger partial charge is 0.307 e. The number of carboxylic acid groups (broad SMARTS) is 1. The largest absolute Gasteiger partial charge is 0.481 e. The Hall–Kier alpha value is -1.51. The van der Waals surface area contributed by atoms with Crippen molar-refractivity contribution < 1.29 is 9.90 Å². The third-order valence-electron chi connectivity index (χ3n) is 1.77. The summed E-state index contributed by atoms with van der Waals surface area (Å²) in [7, 11) is 0. The summed E-state index contributed by atoms with van der Waals surface area (Å²) >= 11 is 0. The summed E-state index contributed by atoms with van der Waals surface area (Å²) < 4.78 is 0. The van der Waals surface area contributed by atoms with E-state index in [1.54, 1.807) is 6.07 Å². The Morgan fingerprint density at radius 1 is 1.58 bits per heavy atom. The molecule has 1 rings (SSSR count). The first kappa shape index (κ1) is 8.59. The number of anilines is 1. The molecule has 0 bridgehead atoms. The molecule has 12 heavy (non-hydrogen) atoms. The molecule has 0 unspecified atom stereocenters. The molecule has 64 valence electrons. The second kappa shape index (κ2) is 3.26. The minimum Gasteiger partial charge on any atom is -0.481 e. The van der Waals surface area contributed by atoms with Gasteiger partial charge in [0.1, 0.15) is 0 Å². The lowest BCUT2D eigenvalue weighted by Crippen LogP contribution is -2.05. The van der Waals surface area contributed by atoms with Crippen LogP contribution in [0.1, 0.15) is 11.1 Å². The fourth-order valence-corrected chi connectivity index (χ4v) is 1.12. The molecule has 1 aromatic carbocycles. The quantitative estimate of drug-likeness (QED) is 0.647. The third-order valence-corrected chi connectivity index (χ3v) is 1.77. The molecule has 0 aliphatic carbocycles. The van der Waals surface area contributed by atoms with E-state index < -0.39 is 5.97 Å². The van der Waals surface area contributed by atoms with Crippen molar-refractivity contribution in [1.82, 2.24) is 0 Å². The van der Waals surface area contributed by atoms with Gasteiger partial charge in [0.2, 0.25) is 0 Å². The molecule has 0 spiro atoms. The van der Waals surface area contributed by atoms with Crippen LogP contribution in [0.3, 0.4) is 0 Å². The van der Waals surface area contributed by atoms with Crippen LogP contribution in [0.2, 0.25) is 0 Å². The number of carboxylic acids is 1. The lowest BCUT2D eigenvalue weighted by Gasteiger charge is -2.05. The third kappa shape index (κ3) is 1.75. The van der Waals surface area contributed by atoms with Crippen molar-refractivity contribution in [3.63, 3.8) is 0 Å². The lowest BCUT2D eigenvalue weighted by atomic mass is 10.0. The first-order valence-corrected chi connectivity index (χ1v) is 3.67. The van der Waals surface area contributed by atoms with Gasteiger partial charge in [0.15, 0.2) is 0 Å². The summed E-state index contributed by atoms with van der Waals surface area (Å²) in [6.07, 6.45) is -0.00148. The van der Waals surface area contributed by atoms with Crippen LogP contribution in [-0.2, 0) is 11.2 Å². The zero-order valence-corrected chi connectivity index (χ0v) is 6.87. The number of carbonyl (C=O) groups is 1. The van der Waals surface area contributed by atoms with Gasteiger partial charge in [-0.15, -0.1) is 0 Å². The average Bonchev–Trinajstić information content (AvgIpc) is 1.97. The summed E-state index contributed by atoms with van der Waals surface area (Å²) in [5.41, 5.74) is 7.80. The highest BCUT2D eigenvalue weighted by Gasteiger charge is 2.06. The number of nitrogen functional groups attached to an aromatic ring is 1.